The van der Waals surface area contributed by atoms with E-state index in [9.17, 15) is 4.79 Å². The molecular weight excluding hydrogens is 242 g/mol. The van der Waals surface area contributed by atoms with Crippen LogP contribution in [0.1, 0.15) is 26.7 Å². The Hall–Kier alpha value is -0.650. The van der Waals surface area contributed by atoms with E-state index in [-0.39, 0.29) is 17.9 Å². The number of nitrogens with zero attached hydrogens (tertiary/aromatic N) is 1. The molecule has 2 fully saturated rings. The van der Waals surface area contributed by atoms with Crippen molar-refractivity contribution in [3.63, 3.8) is 0 Å². The molecule has 19 heavy (non-hydrogen) atoms. The largest absolute Gasteiger partial charge is 0.379 e. The van der Waals surface area contributed by atoms with E-state index in [0.717, 1.165) is 52.2 Å². The summed E-state index contributed by atoms with van der Waals surface area (Å²) in [5.74, 6) is 0.350. The number of amides is 1. The van der Waals surface area contributed by atoms with Crippen LogP contribution >= 0.6 is 0 Å². The summed E-state index contributed by atoms with van der Waals surface area (Å²) >= 11 is 0. The summed E-state index contributed by atoms with van der Waals surface area (Å²) in [6, 6.07) is 0.764. The van der Waals surface area contributed by atoms with Gasteiger partial charge >= 0.3 is 0 Å². The van der Waals surface area contributed by atoms with E-state index in [1.165, 1.54) is 0 Å². The molecule has 2 heterocycles. The first kappa shape index (κ1) is 14.8. The van der Waals surface area contributed by atoms with Gasteiger partial charge in [-0.25, -0.2) is 0 Å². The van der Waals surface area contributed by atoms with Gasteiger partial charge in [0.2, 0.25) is 5.91 Å². The highest BCUT2D eigenvalue weighted by molar-refractivity contribution is 5.79. The zero-order chi connectivity index (χ0) is 13.7. The van der Waals surface area contributed by atoms with E-state index in [1.807, 2.05) is 0 Å². The molecule has 0 aliphatic carbocycles. The predicted molar refractivity (Wildman–Crippen MR) is 75.1 cm³/mol. The minimum absolute atomic E-state index is 0.142. The fourth-order valence-electron chi connectivity index (χ4n) is 2.80. The van der Waals surface area contributed by atoms with Crippen molar-refractivity contribution >= 4 is 5.91 Å². The number of rotatable bonds is 4. The number of carbonyl (C=O) groups excluding carboxylic acids is 1. The lowest BCUT2D eigenvalue weighted by Gasteiger charge is -2.31. The van der Waals surface area contributed by atoms with Gasteiger partial charge in [0.25, 0.3) is 0 Å². The van der Waals surface area contributed by atoms with Gasteiger partial charge in [0.05, 0.1) is 19.1 Å². The second kappa shape index (κ2) is 7.22. The molecule has 0 aromatic carbocycles. The summed E-state index contributed by atoms with van der Waals surface area (Å²) in [5.41, 5.74) is 0. The summed E-state index contributed by atoms with van der Waals surface area (Å²) in [6.07, 6.45) is 2.10. The van der Waals surface area contributed by atoms with Crippen molar-refractivity contribution in [1.29, 1.82) is 0 Å². The number of carbonyl (C=O) groups is 1. The normalized spacial score (nSPS) is 30.8. The Balaban J connectivity index is 1.69. The molecule has 0 bridgehead atoms. The molecule has 0 spiro atoms. The Labute approximate surface area is 116 Å². The number of hydrogen-bond donors (Lipinski definition) is 2. The Morgan fingerprint density at radius 3 is 2.79 bits per heavy atom. The van der Waals surface area contributed by atoms with Crippen molar-refractivity contribution in [2.45, 2.75) is 38.8 Å². The predicted octanol–water partition coefficient (Wildman–Crippen LogP) is 0.211. The maximum absolute atomic E-state index is 12.2. The number of piperidine rings is 1. The average molecular weight is 269 g/mol. The molecule has 1 amide bonds. The van der Waals surface area contributed by atoms with Crippen LogP contribution in [-0.2, 0) is 9.53 Å². The first-order chi connectivity index (χ1) is 9.15. The molecule has 0 aromatic rings. The van der Waals surface area contributed by atoms with E-state index in [4.69, 9.17) is 4.74 Å². The molecule has 3 unspecified atom stereocenters. The molecule has 3 atom stereocenters. The van der Waals surface area contributed by atoms with Crippen LogP contribution in [0.3, 0.4) is 0 Å². The lowest BCUT2D eigenvalue weighted by atomic mass is 9.94. The third-order valence-electron chi connectivity index (χ3n) is 4.06. The molecule has 0 radical (unpaired) electrons. The number of hydrogen-bond acceptors (Lipinski definition) is 4. The number of morpholine rings is 1. The molecule has 5 heteroatoms. The Kier molecular flexibility index (Phi) is 5.60. The van der Waals surface area contributed by atoms with Crippen LogP contribution in [0.15, 0.2) is 0 Å². The van der Waals surface area contributed by atoms with Crippen LogP contribution in [0.25, 0.3) is 0 Å². The molecule has 2 N–H and O–H groups in total. The van der Waals surface area contributed by atoms with Gasteiger partial charge in [-0.05, 0) is 26.7 Å². The first-order valence-electron chi connectivity index (χ1n) is 7.49. The maximum Gasteiger partial charge on any atom is 0.224 e. The lowest BCUT2D eigenvalue weighted by molar-refractivity contribution is -0.126. The van der Waals surface area contributed by atoms with Crippen molar-refractivity contribution in [2.24, 2.45) is 5.92 Å². The third kappa shape index (κ3) is 4.75. The summed E-state index contributed by atoms with van der Waals surface area (Å²) in [4.78, 5) is 14.5. The number of nitrogens with one attached hydrogen (secondary N) is 2. The minimum Gasteiger partial charge on any atom is -0.379 e. The fraction of sp³-hybridized carbons (Fsp3) is 0.929. The SMILES string of the molecule is CC1CCC(C(=O)NC(C)CN2CCOCC2)CN1. The molecule has 2 aliphatic rings. The highest BCUT2D eigenvalue weighted by Crippen LogP contribution is 2.14. The van der Waals surface area contributed by atoms with Gasteiger partial charge in [-0.3, -0.25) is 9.69 Å². The van der Waals surface area contributed by atoms with Gasteiger partial charge in [-0.1, -0.05) is 0 Å². The highest BCUT2D eigenvalue weighted by Gasteiger charge is 2.25. The standard InChI is InChI=1S/C14H27N3O2/c1-11-3-4-13(9-15-11)14(18)16-12(2)10-17-5-7-19-8-6-17/h11-13,15H,3-10H2,1-2H3,(H,16,18). The summed E-state index contributed by atoms with van der Waals surface area (Å²) in [7, 11) is 0. The van der Waals surface area contributed by atoms with E-state index in [1.54, 1.807) is 0 Å². The Morgan fingerprint density at radius 1 is 1.42 bits per heavy atom. The van der Waals surface area contributed by atoms with Gasteiger partial charge < -0.3 is 15.4 Å². The van der Waals surface area contributed by atoms with Crippen LogP contribution in [0.5, 0.6) is 0 Å². The van der Waals surface area contributed by atoms with E-state index >= 15 is 0 Å². The third-order valence-corrected chi connectivity index (χ3v) is 4.06. The first-order valence-corrected chi connectivity index (χ1v) is 7.49. The highest BCUT2D eigenvalue weighted by atomic mass is 16.5. The van der Waals surface area contributed by atoms with Crippen molar-refractivity contribution in [1.82, 2.24) is 15.5 Å². The monoisotopic (exact) mass is 269 g/mol. The van der Waals surface area contributed by atoms with Crippen molar-refractivity contribution in [3.8, 4) is 0 Å². The quantitative estimate of drug-likeness (QED) is 0.766. The van der Waals surface area contributed by atoms with E-state index in [0.29, 0.717) is 6.04 Å². The molecule has 110 valence electrons. The molecule has 2 saturated heterocycles. The van der Waals surface area contributed by atoms with Crippen LogP contribution < -0.4 is 10.6 Å². The molecule has 5 nitrogen and oxygen atoms in total. The van der Waals surface area contributed by atoms with Crippen LogP contribution in [0.4, 0.5) is 0 Å². The second-order valence-electron chi connectivity index (χ2n) is 5.91. The molecule has 2 aliphatic heterocycles. The van der Waals surface area contributed by atoms with E-state index in [2.05, 4.69) is 29.4 Å². The molecule has 0 aromatic heterocycles. The zero-order valence-corrected chi connectivity index (χ0v) is 12.2. The Morgan fingerprint density at radius 2 is 2.16 bits per heavy atom. The smallest absolute Gasteiger partial charge is 0.224 e. The topological polar surface area (TPSA) is 53.6 Å². The van der Waals surface area contributed by atoms with Crippen LogP contribution in [-0.4, -0.2) is 62.3 Å². The van der Waals surface area contributed by atoms with Gasteiger partial charge in [0.1, 0.15) is 0 Å². The maximum atomic E-state index is 12.2. The average Bonchev–Trinajstić information content (AvgIpc) is 2.40. The van der Waals surface area contributed by atoms with Crippen molar-refractivity contribution in [2.75, 3.05) is 39.4 Å². The van der Waals surface area contributed by atoms with E-state index < -0.39 is 0 Å². The summed E-state index contributed by atoms with van der Waals surface area (Å²) in [5, 5.41) is 6.53. The van der Waals surface area contributed by atoms with Gasteiger partial charge in [-0.2, -0.15) is 0 Å². The number of ether oxygens (including phenoxy) is 1. The second-order valence-corrected chi connectivity index (χ2v) is 5.91. The minimum atomic E-state index is 0.142. The van der Waals surface area contributed by atoms with Crippen molar-refractivity contribution in [3.05, 3.63) is 0 Å². The fourth-order valence-corrected chi connectivity index (χ4v) is 2.80. The van der Waals surface area contributed by atoms with Gasteiger partial charge in [-0.15, -0.1) is 0 Å². The lowest BCUT2D eigenvalue weighted by Crippen LogP contribution is -2.50. The zero-order valence-electron chi connectivity index (χ0n) is 12.2. The van der Waals surface area contributed by atoms with Gasteiger partial charge in [0.15, 0.2) is 0 Å². The molecular formula is C14H27N3O2. The van der Waals surface area contributed by atoms with Gasteiger partial charge in [0, 0.05) is 38.3 Å². The Bertz CT molecular complexity index is 284. The van der Waals surface area contributed by atoms with Crippen molar-refractivity contribution < 1.29 is 9.53 Å². The molecule has 0 saturated carbocycles. The summed E-state index contributed by atoms with van der Waals surface area (Å²) in [6.45, 7) is 9.58. The van der Waals surface area contributed by atoms with Crippen LogP contribution in [0, 0.1) is 5.92 Å². The molecule has 2 rings (SSSR count). The summed E-state index contributed by atoms with van der Waals surface area (Å²) < 4.78 is 5.33. The van der Waals surface area contributed by atoms with Crippen LogP contribution in [0.2, 0.25) is 0 Å².